The number of benzene rings is 3. The number of carbonyl (C=O) groups is 1. The molecule has 0 bridgehead atoms. The molecule has 5 rings (SSSR count). The van der Waals surface area contributed by atoms with Crippen LogP contribution in [0.3, 0.4) is 0 Å². The molecule has 172 valence electrons. The number of aromatic nitrogens is 1. The Hall–Kier alpha value is -3.86. The molecule has 2 heterocycles. The molecule has 1 aromatic heterocycles. The van der Waals surface area contributed by atoms with Crippen molar-refractivity contribution < 1.29 is 14.3 Å². The summed E-state index contributed by atoms with van der Waals surface area (Å²) in [6.07, 6.45) is 3.57. The average Bonchev–Trinajstić information content (AvgIpc) is 2.91. The van der Waals surface area contributed by atoms with E-state index in [2.05, 4.69) is 11.0 Å². The fourth-order valence-electron chi connectivity index (χ4n) is 4.35. The number of rotatable bonds is 7. The van der Waals surface area contributed by atoms with Crippen molar-refractivity contribution in [2.45, 2.75) is 32.5 Å². The molecule has 1 saturated heterocycles. The zero-order valence-corrected chi connectivity index (χ0v) is 19.2. The lowest BCUT2D eigenvalue weighted by molar-refractivity contribution is 0.0465. The van der Waals surface area contributed by atoms with Gasteiger partial charge in [-0.25, -0.2) is 9.78 Å². The van der Waals surface area contributed by atoms with E-state index in [1.165, 1.54) is 6.42 Å². The van der Waals surface area contributed by atoms with Crippen molar-refractivity contribution in [2.24, 2.45) is 0 Å². The Morgan fingerprint density at radius 2 is 1.47 bits per heavy atom. The molecule has 0 atom stereocenters. The van der Waals surface area contributed by atoms with E-state index in [-0.39, 0.29) is 12.3 Å². The summed E-state index contributed by atoms with van der Waals surface area (Å²) in [5.41, 5.74) is 4.08. The molecule has 5 heteroatoms. The number of hydrogen-bond acceptors (Lipinski definition) is 5. The fourth-order valence-corrected chi connectivity index (χ4v) is 4.35. The number of carbonyl (C=O) groups excluding carboxylic acids is 1. The van der Waals surface area contributed by atoms with Gasteiger partial charge in [0.2, 0.25) is 0 Å². The van der Waals surface area contributed by atoms with Crippen LogP contribution in [0.2, 0.25) is 0 Å². The predicted molar refractivity (Wildman–Crippen MR) is 134 cm³/mol. The molecule has 5 nitrogen and oxygen atoms in total. The van der Waals surface area contributed by atoms with Gasteiger partial charge in [0, 0.05) is 24.5 Å². The maximum Gasteiger partial charge on any atom is 0.357 e. The Labute approximate surface area is 200 Å². The van der Waals surface area contributed by atoms with E-state index in [9.17, 15) is 4.79 Å². The van der Waals surface area contributed by atoms with E-state index in [1.54, 1.807) is 6.07 Å². The van der Waals surface area contributed by atoms with Gasteiger partial charge in [-0.3, -0.25) is 0 Å². The van der Waals surface area contributed by atoms with E-state index in [4.69, 9.17) is 14.5 Å². The zero-order valence-electron chi connectivity index (χ0n) is 19.2. The van der Waals surface area contributed by atoms with Crippen LogP contribution in [0.1, 0.15) is 40.9 Å². The summed E-state index contributed by atoms with van der Waals surface area (Å²) in [5, 5.41) is 0.901. The molecule has 3 aromatic carbocycles. The Morgan fingerprint density at radius 1 is 0.794 bits per heavy atom. The van der Waals surface area contributed by atoms with Gasteiger partial charge in [-0.15, -0.1) is 0 Å². The molecule has 1 aliphatic heterocycles. The Kier molecular flexibility index (Phi) is 6.71. The molecule has 34 heavy (non-hydrogen) atoms. The summed E-state index contributed by atoms with van der Waals surface area (Å²) in [7, 11) is 0. The van der Waals surface area contributed by atoms with Gasteiger partial charge in [-0.05, 0) is 42.5 Å². The van der Waals surface area contributed by atoms with Gasteiger partial charge in [0.05, 0.1) is 11.2 Å². The van der Waals surface area contributed by atoms with Crippen molar-refractivity contribution in [3.63, 3.8) is 0 Å². The highest BCUT2D eigenvalue weighted by Crippen LogP contribution is 2.34. The second-order valence-electron chi connectivity index (χ2n) is 8.56. The van der Waals surface area contributed by atoms with Crippen LogP contribution < -0.4 is 9.64 Å². The third kappa shape index (κ3) is 5.04. The van der Waals surface area contributed by atoms with Crippen LogP contribution in [0.15, 0.2) is 84.9 Å². The fraction of sp³-hybridized carbons (Fsp3) is 0.241. The van der Waals surface area contributed by atoms with Crippen molar-refractivity contribution in [3.05, 3.63) is 102 Å². The Bertz CT molecular complexity index is 1250. The number of piperidine rings is 1. The molecule has 0 radical (unpaired) electrons. The summed E-state index contributed by atoms with van der Waals surface area (Å²) in [4.78, 5) is 20.2. The topological polar surface area (TPSA) is 51.7 Å². The Balaban J connectivity index is 1.49. The molecule has 0 amide bonds. The first-order valence-corrected chi connectivity index (χ1v) is 11.8. The normalized spacial score (nSPS) is 13.6. The summed E-state index contributed by atoms with van der Waals surface area (Å²) in [6, 6.07) is 27.5. The monoisotopic (exact) mass is 452 g/mol. The zero-order chi connectivity index (χ0) is 23.2. The molecule has 0 N–H and O–H groups in total. The van der Waals surface area contributed by atoms with Crippen LogP contribution in [0.5, 0.6) is 5.75 Å². The van der Waals surface area contributed by atoms with E-state index in [0.717, 1.165) is 53.6 Å². The third-order valence-corrected chi connectivity index (χ3v) is 6.14. The summed E-state index contributed by atoms with van der Waals surface area (Å²) < 4.78 is 11.8. The second-order valence-corrected chi connectivity index (χ2v) is 8.56. The van der Waals surface area contributed by atoms with Gasteiger partial charge in [-0.2, -0.15) is 0 Å². The Morgan fingerprint density at radius 3 is 2.18 bits per heavy atom. The molecular formula is C29H28N2O3. The van der Waals surface area contributed by atoms with Crippen LogP contribution >= 0.6 is 0 Å². The van der Waals surface area contributed by atoms with Gasteiger partial charge in [-0.1, -0.05) is 66.7 Å². The maximum absolute atomic E-state index is 13.0. The van der Waals surface area contributed by atoms with Crippen LogP contribution in [0.25, 0.3) is 10.9 Å². The van der Waals surface area contributed by atoms with Gasteiger partial charge >= 0.3 is 5.97 Å². The number of esters is 1. The van der Waals surface area contributed by atoms with Crippen molar-refractivity contribution in [1.82, 2.24) is 4.98 Å². The highest BCUT2D eigenvalue weighted by Gasteiger charge is 2.20. The van der Waals surface area contributed by atoms with E-state index in [0.29, 0.717) is 12.4 Å². The number of anilines is 1. The number of para-hydroxylation sites is 1. The number of pyridine rings is 1. The molecule has 0 saturated carbocycles. The molecule has 1 aliphatic rings. The van der Waals surface area contributed by atoms with E-state index >= 15 is 0 Å². The summed E-state index contributed by atoms with van der Waals surface area (Å²) in [5.74, 6) is 0.183. The highest BCUT2D eigenvalue weighted by molar-refractivity contribution is 5.99. The minimum Gasteiger partial charge on any atom is -0.488 e. The van der Waals surface area contributed by atoms with Crippen molar-refractivity contribution in [1.29, 1.82) is 0 Å². The van der Waals surface area contributed by atoms with Crippen molar-refractivity contribution in [2.75, 3.05) is 18.0 Å². The number of ether oxygens (including phenoxy) is 2. The third-order valence-electron chi connectivity index (χ3n) is 6.14. The first-order valence-electron chi connectivity index (χ1n) is 11.8. The van der Waals surface area contributed by atoms with E-state index in [1.807, 2.05) is 72.8 Å². The molecule has 0 aliphatic carbocycles. The number of fused-ring (bicyclic) bond motifs is 1. The summed E-state index contributed by atoms with van der Waals surface area (Å²) >= 11 is 0. The smallest absolute Gasteiger partial charge is 0.357 e. The van der Waals surface area contributed by atoms with Crippen molar-refractivity contribution in [3.8, 4) is 5.75 Å². The van der Waals surface area contributed by atoms with Crippen molar-refractivity contribution >= 4 is 22.6 Å². The highest BCUT2D eigenvalue weighted by atomic mass is 16.5. The van der Waals surface area contributed by atoms with Gasteiger partial charge < -0.3 is 14.4 Å². The molecular weight excluding hydrogens is 424 g/mol. The summed E-state index contributed by atoms with van der Waals surface area (Å²) in [6.45, 7) is 2.59. The standard InChI is InChI=1S/C29H28N2O3/c32-29(34-21-23-13-6-2-7-14-23)25-19-27(33-20-22-11-4-1-5-12-22)24-15-10-16-26(28(24)30-25)31-17-8-3-9-18-31/h1-2,4-7,10-16,19H,3,8-9,17-18,20-21H2. The molecule has 0 spiro atoms. The lowest BCUT2D eigenvalue weighted by Crippen LogP contribution is -2.29. The van der Waals surface area contributed by atoms with Crippen LogP contribution in [0.4, 0.5) is 5.69 Å². The van der Waals surface area contributed by atoms with Crippen LogP contribution in [0, 0.1) is 0 Å². The van der Waals surface area contributed by atoms with Crippen LogP contribution in [-0.4, -0.2) is 24.0 Å². The number of nitrogens with zero attached hydrogens (tertiary/aromatic N) is 2. The molecule has 1 fully saturated rings. The van der Waals surface area contributed by atoms with Crippen LogP contribution in [-0.2, 0) is 18.0 Å². The minimum absolute atomic E-state index is 0.202. The second kappa shape index (κ2) is 10.4. The lowest BCUT2D eigenvalue weighted by atomic mass is 10.1. The molecule has 0 unspecified atom stereocenters. The average molecular weight is 453 g/mol. The lowest BCUT2D eigenvalue weighted by Gasteiger charge is -2.29. The van der Waals surface area contributed by atoms with Gasteiger partial charge in [0.15, 0.2) is 5.69 Å². The first kappa shape index (κ1) is 22.0. The number of hydrogen-bond donors (Lipinski definition) is 0. The first-order chi connectivity index (χ1) is 16.8. The van der Waals surface area contributed by atoms with E-state index < -0.39 is 5.97 Å². The quantitative estimate of drug-likeness (QED) is 0.314. The largest absolute Gasteiger partial charge is 0.488 e. The minimum atomic E-state index is -0.455. The van der Waals surface area contributed by atoms with Gasteiger partial charge in [0.1, 0.15) is 19.0 Å². The predicted octanol–water partition coefficient (Wildman–Crippen LogP) is 6.16. The SMILES string of the molecule is O=C(OCc1ccccc1)c1cc(OCc2ccccc2)c2cccc(N3CCCCC3)c2n1. The van der Waals surface area contributed by atoms with Gasteiger partial charge in [0.25, 0.3) is 0 Å². The molecule has 4 aromatic rings. The maximum atomic E-state index is 13.0.